The van der Waals surface area contributed by atoms with Crippen molar-refractivity contribution in [1.29, 1.82) is 0 Å². The third kappa shape index (κ3) is 2.11. The molecule has 0 aliphatic heterocycles. The summed E-state index contributed by atoms with van der Waals surface area (Å²) in [6, 6.07) is 19.4. The van der Waals surface area contributed by atoms with Gasteiger partial charge in [0.1, 0.15) is 0 Å². The Morgan fingerprint density at radius 1 is 0.773 bits per heavy atom. The molecule has 0 radical (unpaired) electrons. The fraction of sp³-hybridized carbons (Fsp3) is 0.0556. The van der Waals surface area contributed by atoms with Gasteiger partial charge in [-0.25, -0.2) is 4.99 Å². The van der Waals surface area contributed by atoms with Gasteiger partial charge in [0.25, 0.3) is 0 Å². The van der Waals surface area contributed by atoms with E-state index in [4.69, 9.17) is 11.5 Å². The molecular formula is C18H16ClN3. The Kier molecular flexibility index (Phi) is 3.51. The van der Waals surface area contributed by atoms with Crippen LogP contribution in [0.25, 0.3) is 32.3 Å². The van der Waals surface area contributed by atoms with E-state index >= 15 is 0 Å². The zero-order valence-corrected chi connectivity index (χ0v) is 12.7. The molecule has 0 bridgehead atoms. The molecule has 3 nitrogen and oxygen atoms in total. The van der Waals surface area contributed by atoms with Crippen molar-refractivity contribution < 1.29 is 0 Å². The van der Waals surface area contributed by atoms with Crippen molar-refractivity contribution in [1.82, 2.24) is 0 Å². The number of benzene rings is 4. The van der Waals surface area contributed by atoms with Crippen molar-refractivity contribution in [3.63, 3.8) is 0 Å². The van der Waals surface area contributed by atoms with Gasteiger partial charge in [-0.3, -0.25) is 0 Å². The molecule has 4 heteroatoms. The first-order chi connectivity index (χ1) is 10.2. The standard InChI is InChI=1S/C18H15N3.ClH/c19-18(20)21-10-14-7-6-13-5-4-11-2-1-3-12-8-9-15(14)17(13)16(11)12;/h1-9H,10H2,(H4,19,20,21);1H. The molecule has 0 heterocycles. The molecule has 4 aromatic carbocycles. The summed E-state index contributed by atoms with van der Waals surface area (Å²) in [6.07, 6.45) is 0. The van der Waals surface area contributed by atoms with Crippen molar-refractivity contribution in [2.24, 2.45) is 16.5 Å². The molecule has 0 saturated carbocycles. The summed E-state index contributed by atoms with van der Waals surface area (Å²) in [5.74, 6) is 0.126. The first kappa shape index (κ1) is 14.4. The topological polar surface area (TPSA) is 64.4 Å². The van der Waals surface area contributed by atoms with Gasteiger partial charge >= 0.3 is 0 Å². The van der Waals surface area contributed by atoms with Crippen molar-refractivity contribution >= 4 is 50.7 Å². The minimum absolute atomic E-state index is 0. The quantitative estimate of drug-likeness (QED) is 0.336. The summed E-state index contributed by atoms with van der Waals surface area (Å²) in [6.45, 7) is 0.510. The van der Waals surface area contributed by atoms with E-state index in [1.807, 2.05) is 0 Å². The number of rotatable bonds is 2. The normalized spacial score (nSPS) is 10.9. The molecule has 0 aliphatic carbocycles. The monoisotopic (exact) mass is 309 g/mol. The molecule has 4 aromatic rings. The van der Waals surface area contributed by atoms with E-state index in [1.165, 1.54) is 32.3 Å². The summed E-state index contributed by atoms with van der Waals surface area (Å²) < 4.78 is 0. The smallest absolute Gasteiger partial charge is 0.186 e. The molecule has 0 amide bonds. The molecule has 22 heavy (non-hydrogen) atoms. The maximum absolute atomic E-state index is 5.46. The first-order valence-corrected chi connectivity index (χ1v) is 6.95. The molecule has 4 N–H and O–H groups in total. The molecule has 0 saturated heterocycles. The highest BCUT2D eigenvalue weighted by Crippen LogP contribution is 2.35. The van der Waals surface area contributed by atoms with Crippen LogP contribution in [0, 0.1) is 0 Å². The van der Waals surface area contributed by atoms with Crippen molar-refractivity contribution in [2.75, 3.05) is 0 Å². The van der Waals surface area contributed by atoms with Crippen LogP contribution in [0.1, 0.15) is 5.56 Å². The van der Waals surface area contributed by atoms with E-state index in [2.05, 4.69) is 59.6 Å². The molecule has 0 aromatic heterocycles. The number of guanidine groups is 1. The van der Waals surface area contributed by atoms with E-state index < -0.39 is 0 Å². The largest absolute Gasteiger partial charge is 0.370 e. The predicted octanol–water partition coefficient (Wildman–Crippen LogP) is 3.78. The average Bonchev–Trinajstić information content (AvgIpc) is 2.51. The second-order valence-electron chi connectivity index (χ2n) is 5.32. The number of nitrogens with zero attached hydrogens (tertiary/aromatic N) is 1. The Balaban J connectivity index is 0.00000144. The fourth-order valence-corrected chi connectivity index (χ4v) is 3.11. The third-order valence-electron chi connectivity index (χ3n) is 4.05. The van der Waals surface area contributed by atoms with Gasteiger partial charge in [0.2, 0.25) is 0 Å². The van der Waals surface area contributed by atoms with E-state index in [-0.39, 0.29) is 18.4 Å². The molecule has 0 unspecified atom stereocenters. The lowest BCUT2D eigenvalue weighted by molar-refractivity contribution is 1.07. The van der Waals surface area contributed by atoms with Gasteiger partial charge < -0.3 is 11.5 Å². The number of nitrogens with two attached hydrogens (primary N) is 2. The van der Waals surface area contributed by atoms with Gasteiger partial charge in [-0.2, -0.15) is 0 Å². The summed E-state index contributed by atoms with van der Waals surface area (Å²) >= 11 is 0. The maximum atomic E-state index is 5.46. The minimum atomic E-state index is 0. The van der Waals surface area contributed by atoms with Gasteiger partial charge in [-0.15, -0.1) is 12.4 Å². The molecular weight excluding hydrogens is 294 g/mol. The lowest BCUT2D eigenvalue weighted by atomic mass is 9.92. The van der Waals surface area contributed by atoms with Crippen LogP contribution < -0.4 is 11.5 Å². The van der Waals surface area contributed by atoms with Crippen LogP contribution in [-0.2, 0) is 6.54 Å². The van der Waals surface area contributed by atoms with Gasteiger partial charge in [0.05, 0.1) is 6.54 Å². The second-order valence-corrected chi connectivity index (χ2v) is 5.32. The Morgan fingerprint density at radius 3 is 2.05 bits per heavy atom. The third-order valence-corrected chi connectivity index (χ3v) is 4.05. The highest BCUT2D eigenvalue weighted by Gasteiger charge is 2.10. The predicted molar refractivity (Wildman–Crippen MR) is 96.9 cm³/mol. The Hall–Kier alpha value is -2.52. The van der Waals surface area contributed by atoms with Crippen LogP contribution in [0.15, 0.2) is 59.6 Å². The van der Waals surface area contributed by atoms with E-state index in [0.29, 0.717) is 6.54 Å². The summed E-state index contributed by atoms with van der Waals surface area (Å²) in [4.78, 5) is 4.15. The van der Waals surface area contributed by atoms with Crippen LogP contribution in [0.3, 0.4) is 0 Å². The molecule has 0 spiro atoms. The molecule has 4 rings (SSSR count). The SMILES string of the molecule is Cl.NC(N)=NCc1ccc2ccc3cccc4ccc1c2c34. The Morgan fingerprint density at radius 2 is 1.36 bits per heavy atom. The molecule has 0 aliphatic rings. The van der Waals surface area contributed by atoms with E-state index in [0.717, 1.165) is 5.56 Å². The maximum Gasteiger partial charge on any atom is 0.186 e. The lowest BCUT2D eigenvalue weighted by Gasteiger charge is -2.13. The zero-order chi connectivity index (χ0) is 14.4. The zero-order valence-electron chi connectivity index (χ0n) is 11.9. The van der Waals surface area contributed by atoms with Crippen LogP contribution >= 0.6 is 12.4 Å². The number of hydrogen-bond acceptors (Lipinski definition) is 1. The van der Waals surface area contributed by atoms with Crippen molar-refractivity contribution in [3.05, 3.63) is 60.2 Å². The van der Waals surface area contributed by atoms with Crippen LogP contribution in [0.2, 0.25) is 0 Å². The average molecular weight is 310 g/mol. The number of aliphatic imine (C=N–C) groups is 1. The van der Waals surface area contributed by atoms with Gasteiger partial charge in [-0.05, 0) is 37.9 Å². The fourth-order valence-electron chi connectivity index (χ4n) is 3.11. The van der Waals surface area contributed by atoms with E-state index in [1.54, 1.807) is 0 Å². The van der Waals surface area contributed by atoms with Gasteiger partial charge in [0.15, 0.2) is 5.96 Å². The summed E-state index contributed by atoms with van der Waals surface area (Å²) in [5, 5.41) is 7.63. The molecule has 0 fully saturated rings. The summed E-state index contributed by atoms with van der Waals surface area (Å²) in [5.41, 5.74) is 12.1. The van der Waals surface area contributed by atoms with Gasteiger partial charge in [-0.1, -0.05) is 54.6 Å². The highest BCUT2D eigenvalue weighted by molar-refractivity contribution is 6.23. The Labute approximate surface area is 134 Å². The summed E-state index contributed by atoms with van der Waals surface area (Å²) in [7, 11) is 0. The van der Waals surface area contributed by atoms with Crippen molar-refractivity contribution in [2.45, 2.75) is 6.54 Å². The molecule has 0 atom stereocenters. The molecule has 110 valence electrons. The van der Waals surface area contributed by atoms with Crippen LogP contribution in [-0.4, -0.2) is 5.96 Å². The number of hydrogen-bond donors (Lipinski definition) is 2. The number of halogens is 1. The van der Waals surface area contributed by atoms with Gasteiger partial charge in [0, 0.05) is 0 Å². The highest BCUT2D eigenvalue weighted by atomic mass is 35.5. The van der Waals surface area contributed by atoms with Crippen LogP contribution in [0.5, 0.6) is 0 Å². The lowest BCUT2D eigenvalue weighted by Crippen LogP contribution is -2.22. The van der Waals surface area contributed by atoms with Crippen molar-refractivity contribution in [3.8, 4) is 0 Å². The van der Waals surface area contributed by atoms with Crippen LogP contribution in [0.4, 0.5) is 0 Å². The first-order valence-electron chi connectivity index (χ1n) is 6.95. The minimum Gasteiger partial charge on any atom is -0.370 e. The Bertz CT molecular complexity index is 972. The van der Waals surface area contributed by atoms with E-state index in [9.17, 15) is 0 Å². The second kappa shape index (κ2) is 5.35.